The van der Waals surface area contributed by atoms with Crippen LogP contribution < -0.4 is 5.32 Å². The van der Waals surface area contributed by atoms with Gasteiger partial charge in [-0.05, 0) is 12.8 Å². The van der Waals surface area contributed by atoms with Gasteiger partial charge in [0, 0.05) is 29.9 Å². The smallest absolute Gasteiger partial charge is 0.306 e. The molecule has 0 atom stereocenters. The van der Waals surface area contributed by atoms with Gasteiger partial charge in [0.15, 0.2) is 4.96 Å². The number of thioether (sulfide) groups is 1. The van der Waals surface area contributed by atoms with E-state index in [4.69, 9.17) is 0 Å². The summed E-state index contributed by atoms with van der Waals surface area (Å²) in [6.07, 6.45) is 5.02. The number of nitrogens with zero attached hydrogens (tertiary/aromatic N) is 2. The number of aromatic nitrogens is 2. The van der Waals surface area contributed by atoms with E-state index in [9.17, 15) is 4.79 Å². The fraction of sp³-hybridized carbons (Fsp3) is 0.538. The maximum Gasteiger partial charge on any atom is 0.306 e. The number of nitrogens with one attached hydrogen (secondary N) is 1. The number of ether oxygens (including phenoxy) is 1. The third-order valence-electron chi connectivity index (χ3n) is 3.23. The summed E-state index contributed by atoms with van der Waals surface area (Å²) in [5.41, 5.74) is 1.20. The van der Waals surface area contributed by atoms with E-state index in [0.717, 1.165) is 16.5 Å². The Morgan fingerprint density at radius 3 is 3.25 bits per heavy atom. The zero-order valence-electron chi connectivity index (χ0n) is 11.3. The molecular formula is C13H17N3O2S2. The lowest BCUT2D eigenvalue weighted by Gasteiger charge is -2.05. The van der Waals surface area contributed by atoms with Crippen molar-refractivity contribution in [2.45, 2.75) is 36.9 Å². The van der Waals surface area contributed by atoms with Crippen LogP contribution in [0.5, 0.6) is 0 Å². The number of thiazole rings is 1. The van der Waals surface area contributed by atoms with Crippen molar-refractivity contribution in [2.24, 2.45) is 0 Å². The molecule has 7 heteroatoms. The Bertz CT molecular complexity index is 604. The fourth-order valence-corrected chi connectivity index (χ4v) is 3.69. The summed E-state index contributed by atoms with van der Waals surface area (Å²) in [5, 5.41) is 6.60. The van der Waals surface area contributed by atoms with E-state index >= 15 is 0 Å². The van der Waals surface area contributed by atoms with Crippen LogP contribution in [-0.2, 0) is 16.1 Å². The lowest BCUT2D eigenvalue weighted by Crippen LogP contribution is -2.17. The number of rotatable bonds is 7. The summed E-state index contributed by atoms with van der Waals surface area (Å²) < 4.78 is 6.80. The normalized spacial score (nSPS) is 14.8. The number of esters is 1. The molecule has 2 heterocycles. The summed E-state index contributed by atoms with van der Waals surface area (Å²) in [7, 11) is 1.42. The molecule has 2 aromatic rings. The molecule has 0 aliphatic heterocycles. The predicted molar refractivity (Wildman–Crippen MR) is 80.3 cm³/mol. The molecule has 0 amide bonds. The SMILES string of the molecule is COC(=O)CCSc1nc2sccn2c1CNC1CC1. The molecule has 0 spiro atoms. The summed E-state index contributed by atoms with van der Waals surface area (Å²) in [5.74, 6) is 0.532. The summed E-state index contributed by atoms with van der Waals surface area (Å²) >= 11 is 3.26. The predicted octanol–water partition coefficient (Wildman–Crippen LogP) is 2.30. The molecule has 2 aromatic heterocycles. The second-order valence-electron chi connectivity index (χ2n) is 4.75. The maximum absolute atomic E-state index is 11.2. The van der Waals surface area contributed by atoms with Crippen molar-refractivity contribution >= 4 is 34.0 Å². The molecule has 0 aromatic carbocycles. The average Bonchev–Trinajstić information content (AvgIpc) is 3.06. The first-order chi connectivity index (χ1) is 9.78. The molecule has 0 unspecified atom stereocenters. The number of imidazole rings is 1. The standard InChI is InChI=1S/C13H17N3O2S2/c1-18-11(17)4-6-19-12-10(8-14-9-2-3-9)16-5-7-20-13(16)15-12/h5,7,9,14H,2-4,6,8H2,1H3. The van der Waals surface area contributed by atoms with Crippen LogP contribution in [-0.4, -0.2) is 34.3 Å². The lowest BCUT2D eigenvalue weighted by atomic mass is 10.4. The van der Waals surface area contributed by atoms with Gasteiger partial charge in [0.05, 0.1) is 19.2 Å². The molecular weight excluding hydrogens is 294 g/mol. The van der Waals surface area contributed by atoms with Gasteiger partial charge >= 0.3 is 5.97 Å². The number of carbonyl (C=O) groups is 1. The van der Waals surface area contributed by atoms with Gasteiger partial charge < -0.3 is 10.1 Å². The van der Waals surface area contributed by atoms with Gasteiger partial charge in [-0.2, -0.15) is 0 Å². The fourth-order valence-electron chi connectivity index (χ4n) is 1.95. The van der Waals surface area contributed by atoms with Crippen LogP contribution >= 0.6 is 23.1 Å². The Morgan fingerprint density at radius 1 is 1.65 bits per heavy atom. The van der Waals surface area contributed by atoms with Crippen LogP contribution in [0.4, 0.5) is 0 Å². The van der Waals surface area contributed by atoms with Gasteiger partial charge in [-0.15, -0.1) is 23.1 Å². The van der Waals surface area contributed by atoms with E-state index in [-0.39, 0.29) is 5.97 Å². The topological polar surface area (TPSA) is 55.6 Å². The van der Waals surface area contributed by atoms with Gasteiger partial charge in [-0.25, -0.2) is 4.98 Å². The minimum atomic E-state index is -0.170. The highest BCUT2D eigenvalue weighted by atomic mass is 32.2. The van der Waals surface area contributed by atoms with E-state index in [1.54, 1.807) is 23.1 Å². The van der Waals surface area contributed by atoms with E-state index < -0.39 is 0 Å². The molecule has 3 rings (SSSR count). The van der Waals surface area contributed by atoms with Crippen LogP contribution in [0.1, 0.15) is 25.0 Å². The van der Waals surface area contributed by atoms with Crippen molar-refractivity contribution in [2.75, 3.05) is 12.9 Å². The largest absolute Gasteiger partial charge is 0.469 e. The highest BCUT2D eigenvalue weighted by molar-refractivity contribution is 7.99. The Balaban J connectivity index is 1.69. The highest BCUT2D eigenvalue weighted by Crippen LogP contribution is 2.27. The second kappa shape index (κ2) is 6.15. The van der Waals surface area contributed by atoms with Gasteiger partial charge in [-0.1, -0.05) is 0 Å². The molecule has 1 aliphatic carbocycles. The van der Waals surface area contributed by atoms with Crippen LogP contribution in [0.2, 0.25) is 0 Å². The molecule has 20 heavy (non-hydrogen) atoms. The number of hydrogen-bond acceptors (Lipinski definition) is 6. The van der Waals surface area contributed by atoms with Crippen molar-refractivity contribution in [3.05, 3.63) is 17.3 Å². The van der Waals surface area contributed by atoms with Crippen LogP contribution in [0.25, 0.3) is 4.96 Å². The van der Waals surface area contributed by atoms with Gasteiger partial charge in [0.25, 0.3) is 0 Å². The first-order valence-electron chi connectivity index (χ1n) is 6.65. The van der Waals surface area contributed by atoms with Crippen LogP contribution in [0, 0.1) is 0 Å². The van der Waals surface area contributed by atoms with E-state index in [2.05, 4.69) is 25.6 Å². The van der Waals surface area contributed by atoms with Crippen molar-refractivity contribution < 1.29 is 9.53 Å². The first kappa shape index (κ1) is 13.9. The maximum atomic E-state index is 11.2. The van der Waals surface area contributed by atoms with Crippen LogP contribution in [0.15, 0.2) is 16.6 Å². The molecule has 1 saturated carbocycles. The van der Waals surface area contributed by atoms with Crippen molar-refractivity contribution in [1.82, 2.24) is 14.7 Å². The van der Waals surface area contributed by atoms with Crippen molar-refractivity contribution in [1.29, 1.82) is 0 Å². The summed E-state index contributed by atoms with van der Waals surface area (Å²) in [6.45, 7) is 0.836. The third-order valence-corrected chi connectivity index (χ3v) is 5.00. The van der Waals surface area contributed by atoms with E-state index in [1.807, 2.05) is 5.38 Å². The average molecular weight is 311 g/mol. The Morgan fingerprint density at radius 2 is 2.50 bits per heavy atom. The quantitative estimate of drug-likeness (QED) is 0.628. The van der Waals surface area contributed by atoms with Gasteiger partial charge in [-0.3, -0.25) is 9.20 Å². The minimum absolute atomic E-state index is 0.170. The van der Waals surface area contributed by atoms with Crippen LogP contribution in [0.3, 0.4) is 0 Å². The molecule has 0 saturated heterocycles. The Hall–Kier alpha value is -1.05. The molecule has 1 fully saturated rings. The van der Waals surface area contributed by atoms with E-state index in [0.29, 0.717) is 18.2 Å². The minimum Gasteiger partial charge on any atom is -0.469 e. The van der Waals surface area contributed by atoms with Crippen molar-refractivity contribution in [3.8, 4) is 0 Å². The molecule has 0 bridgehead atoms. The highest BCUT2D eigenvalue weighted by Gasteiger charge is 2.22. The zero-order valence-corrected chi connectivity index (χ0v) is 12.9. The van der Waals surface area contributed by atoms with Gasteiger partial charge in [0.1, 0.15) is 5.03 Å². The van der Waals surface area contributed by atoms with Crippen molar-refractivity contribution in [3.63, 3.8) is 0 Å². The summed E-state index contributed by atoms with van der Waals surface area (Å²) in [6, 6.07) is 0.673. The monoisotopic (exact) mass is 311 g/mol. The number of hydrogen-bond donors (Lipinski definition) is 1. The molecule has 5 nitrogen and oxygen atoms in total. The first-order valence-corrected chi connectivity index (χ1v) is 8.52. The lowest BCUT2D eigenvalue weighted by molar-refractivity contribution is -0.140. The molecule has 1 N–H and O–H groups in total. The third kappa shape index (κ3) is 3.16. The number of fused-ring (bicyclic) bond motifs is 1. The second-order valence-corrected chi connectivity index (χ2v) is 6.71. The van der Waals surface area contributed by atoms with Gasteiger partial charge in [0.2, 0.25) is 0 Å². The summed E-state index contributed by atoms with van der Waals surface area (Å²) in [4.78, 5) is 16.8. The number of methoxy groups -OCH3 is 1. The Labute approximate surface area is 125 Å². The number of carbonyl (C=O) groups excluding carboxylic acids is 1. The van der Waals surface area contributed by atoms with E-state index in [1.165, 1.54) is 25.6 Å². The Kier molecular flexibility index (Phi) is 4.28. The molecule has 0 radical (unpaired) electrons. The molecule has 108 valence electrons. The zero-order chi connectivity index (χ0) is 13.9. The molecule has 1 aliphatic rings.